The highest BCUT2D eigenvalue weighted by Gasteiger charge is 2.43. The molecule has 29 heavy (non-hydrogen) atoms. The predicted octanol–water partition coefficient (Wildman–Crippen LogP) is 2.27. The van der Waals surface area contributed by atoms with E-state index in [0.29, 0.717) is 30.8 Å². The highest BCUT2D eigenvalue weighted by Crippen LogP contribution is 2.39. The van der Waals surface area contributed by atoms with Crippen molar-refractivity contribution in [2.24, 2.45) is 5.41 Å². The van der Waals surface area contributed by atoms with Crippen LogP contribution in [0, 0.1) is 11.2 Å². The molecule has 158 valence electrons. The van der Waals surface area contributed by atoms with E-state index in [4.69, 9.17) is 4.74 Å². The quantitative estimate of drug-likeness (QED) is 0.757. The summed E-state index contributed by atoms with van der Waals surface area (Å²) in [7, 11) is 1.59. The lowest BCUT2D eigenvalue weighted by atomic mass is 9.79. The van der Waals surface area contributed by atoms with Crippen LogP contribution in [0.15, 0.2) is 18.2 Å². The van der Waals surface area contributed by atoms with Crippen molar-refractivity contribution in [2.75, 3.05) is 46.4 Å². The van der Waals surface area contributed by atoms with Crippen LogP contribution in [0.3, 0.4) is 0 Å². The third-order valence-corrected chi connectivity index (χ3v) is 6.68. The molecule has 7 heteroatoms. The van der Waals surface area contributed by atoms with Gasteiger partial charge in [0.1, 0.15) is 11.6 Å². The number of carbonyl (C=O) groups excluding carboxylic acids is 2. The number of hydrogen-bond donors (Lipinski definition) is 0. The standard InChI is InChI=1S/C22H30FN3O3/c1-29-18-5-6-19(23)17(12-18)13-24-9-3-7-22(15-24)8-11-26(16-22)21(28)14-25-10-2-4-20(25)27/h5-6,12H,2-4,7-11,13-16H2,1H3/t22-/m1/s1. The van der Waals surface area contributed by atoms with E-state index in [1.807, 2.05) is 4.90 Å². The van der Waals surface area contributed by atoms with Gasteiger partial charge in [0.05, 0.1) is 13.7 Å². The first kappa shape index (κ1) is 20.1. The van der Waals surface area contributed by atoms with Crippen LogP contribution in [0.25, 0.3) is 0 Å². The van der Waals surface area contributed by atoms with E-state index >= 15 is 0 Å². The molecule has 0 saturated carbocycles. The molecule has 6 nitrogen and oxygen atoms in total. The number of piperidine rings is 1. The Morgan fingerprint density at radius 3 is 2.79 bits per heavy atom. The number of likely N-dealkylation sites (tertiary alicyclic amines) is 3. The first-order valence-electron chi connectivity index (χ1n) is 10.6. The van der Waals surface area contributed by atoms with E-state index in [-0.39, 0.29) is 29.6 Å². The molecular weight excluding hydrogens is 373 g/mol. The van der Waals surface area contributed by atoms with Gasteiger partial charge in [0.2, 0.25) is 11.8 Å². The smallest absolute Gasteiger partial charge is 0.242 e. The summed E-state index contributed by atoms with van der Waals surface area (Å²) in [6.45, 7) is 4.77. The molecule has 1 aromatic rings. The van der Waals surface area contributed by atoms with E-state index < -0.39 is 0 Å². The molecule has 0 bridgehead atoms. The molecule has 0 aromatic heterocycles. The summed E-state index contributed by atoms with van der Waals surface area (Å²) >= 11 is 0. The second-order valence-corrected chi connectivity index (χ2v) is 8.76. The molecule has 1 atom stereocenters. The summed E-state index contributed by atoms with van der Waals surface area (Å²) in [5.74, 6) is 0.621. The van der Waals surface area contributed by atoms with E-state index in [0.717, 1.165) is 51.9 Å². The van der Waals surface area contributed by atoms with Crippen molar-refractivity contribution < 1.29 is 18.7 Å². The fourth-order valence-electron chi connectivity index (χ4n) is 5.10. The molecule has 0 aliphatic carbocycles. The maximum absolute atomic E-state index is 14.3. The number of ether oxygens (including phenoxy) is 1. The van der Waals surface area contributed by atoms with Crippen molar-refractivity contribution in [3.8, 4) is 5.75 Å². The van der Waals surface area contributed by atoms with Gasteiger partial charge >= 0.3 is 0 Å². The number of halogens is 1. The highest BCUT2D eigenvalue weighted by molar-refractivity contribution is 5.86. The number of hydrogen-bond acceptors (Lipinski definition) is 4. The minimum Gasteiger partial charge on any atom is -0.497 e. The molecule has 3 saturated heterocycles. The van der Waals surface area contributed by atoms with Gasteiger partial charge in [-0.3, -0.25) is 14.5 Å². The Bertz CT molecular complexity index is 787. The highest BCUT2D eigenvalue weighted by atomic mass is 19.1. The van der Waals surface area contributed by atoms with Gasteiger partial charge in [0.15, 0.2) is 0 Å². The summed E-state index contributed by atoms with van der Waals surface area (Å²) in [5.41, 5.74) is 0.734. The first-order chi connectivity index (χ1) is 14.0. The number of nitrogens with zero attached hydrogens (tertiary/aromatic N) is 3. The lowest BCUT2D eigenvalue weighted by Crippen LogP contribution is -2.46. The van der Waals surface area contributed by atoms with Crippen molar-refractivity contribution in [2.45, 2.75) is 38.6 Å². The van der Waals surface area contributed by atoms with E-state index in [9.17, 15) is 14.0 Å². The largest absolute Gasteiger partial charge is 0.497 e. The number of rotatable bonds is 5. The van der Waals surface area contributed by atoms with E-state index in [1.165, 1.54) is 6.07 Å². The van der Waals surface area contributed by atoms with Gasteiger partial charge in [-0.15, -0.1) is 0 Å². The minimum atomic E-state index is -0.205. The Balaban J connectivity index is 1.37. The van der Waals surface area contributed by atoms with Gasteiger partial charge in [-0.25, -0.2) is 4.39 Å². The fourth-order valence-corrected chi connectivity index (χ4v) is 5.10. The molecule has 1 spiro atoms. The summed E-state index contributed by atoms with van der Waals surface area (Å²) in [5, 5.41) is 0. The first-order valence-corrected chi connectivity index (χ1v) is 10.6. The normalized spacial score (nSPS) is 25.2. The molecule has 3 heterocycles. The lowest BCUT2D eigenvalue weighted by molar-refractivity contribution is -0.138. The third-order valence-electron chi connectivity index (χ3n) is 6.68. The second-order valence-electron chi connectivity index (χ2n) is 8.76. The lowest BCUT2D eigenvalue weighted by Gasteiger charge is -2.40. The van der Waals surface area contributed by atoms with Crippen molar-refractivity contribution in [1.82, 2.24) is 14.7 Å². The third kappa shape index (κ3) is 4.39. The summed E-state index contributed by atoms with van der Waals surface area (Å²) in [6, 6.07) is 4.87. The number of benzene rings is 1. The Morgan fingerprint density at radius 2 is 2.03 bits per heavy atom. The average molecular weight is 403 g/mol. The maximum Gasteiger partial charge on any atom is 0.242 e. The van der Waals surface area contributed by atoms with Crippen LogP contribution < -0.4 is 4.74 Å². The zero-order chi connectivity index (χ0) is 20.4. The topological polar surface area (TPSA) is 53.1 Å². The number of carbonyl (C=O) groups is 2. The van der Waals surface area contributed by atoms with Gasteiger partial charge in [-0.1, -0.05) is 0 Å². The predicted molar refractivity (Wildman–Crippen MR) is 107 cm³/mol. The minimum absolute atomic E-state index is 0.0630. The zero-order valence-corrected chi connectivity index (χ0v) is 17.2. The van der Waals surface area contributed by atoms with Gasteiger partial charge in [0, 0.05) is 50.1 Å². The monoisotopic (exact) mass is 403 g/mol. The molecule has 1 aromatic carbocycles. The molecule has 0 unspecified atom stereocenters. The van der Waals surface area contributed by atoms with Crippen LogP contribution in [0.4, 0.5) is 4.39 Å². The Morgan fingerprint density at radius 1 is 1.17 bits per heavy atom. The van der Waals surface area contributed by atoms with Crippen LogP contribution in [-0.2, 0) is 16.1 Å². The van der Waals surface area contributed by atoms with Gasteiger partial charge in [0.25, 0.3) is 0 Å². The van der Waals surface area contributed by atoms with Gasteiger partial charge in [-0.2, -0.15) is 0 Å². The van der Waals surface area contributed by atoms with Crippen LogP contribution in [0.2, 0.25) is 0 Å². The molecule has 4 rings (SSSR count). The zero-order valence-electron chi connectivity index (χ0n) is 17.2. The molecule has 3 aliphatic heterocycles. The Kier molecular flexibility index (Phi) is 5.76. The number of methoxy groups -OCH3 is 1. The van der Waals surface area contributed by atoms with Gasteiger partial charge < -0.3 is 14.5 Å². The maximum atomic E-state index is 14.3. The van der Waals surface area contributed by atoms with E-state index in [2.05, 4.69) is 4.90 Å². The molecule has 3 fully saturated rings. The molecule has 3 aliphatic rings. The van der Waals surface area contributed by atoms with Crippen molar-refractivity contribution in [1.29, 1.82) is 0 Å². The molecule has 0 radical (unpaired) electrons. The summed E-state index contributed by atoms with van der Waals surface area (Å²) < 4.78 is 19.5. The van der Waals surface area contributed by atoms with Crippen LogP contribution in [0.1, 0.15) is 37.7 Å². The Labute approximate surface area is 171 Å². The average Bonchev–Trinajstić information content (AvgIpc) is 3.30. The van der Waals surface area contributed by atoms with Crippen LogP contribution >= 0.6 is 0 Å². The van der Waals surface area contributed by atoms with Crippen molar-refractivity contribution in [3.63, 3.8) is 0 Å². The molecule has 2 amide bonds. The van der Waals surface area contributed by atoms with Crippen LogP contribution in [-0.4, -0.2) is 72.9 Å². The number of amides is 2. The van der Waals surface area contributed by atoms with Crippen molar-refractivity contribution >= 4 is 11.8 Å². The SMILES string of the molecule is COc1ccc(F)c(CN2CCC[C@@]3(CCN(C(=O)CN4CCCC4=O)C3)C2)c1. The van der Waals surface area contributed by atoms with Gasteiger partial charge in [-0.05, 0) is 50.4 Å². The van der Waals surface area contributed by atoms with Crippen LogP contribution in [0.5, 0.6) is 5.75 Å². The van der Waals surface area contributed by atoms with Crippen molar-refractivity contribution in [3.05, 3.63) is 29.6 Å². The molecular formula is C22H30FN3O3. The fraction of sp³-hybridized carbons (Fsp3) is 0.636. The second kappa shape index (κ2) is 8.30. The van der Waals surface area contributed by atoms with E-state index in [1.54, 1.807) is 24.1 Å². The Hall–Kier alpha value is -2.15. The summed E-state index contributed by atoms with van der Waals surface area (Å²) in [6.07, 6.45) is 4.54. The molecule has 0 N–H and O–H groups in total. The summed E-state index contributed by atoms with van der Waals surface area (Å²) in [4.78, 5) is 30.5.